The lowest BCUT2D eigenvalue weighted by molar-refractivity contribution is -0.151. The molecule has 0 radical (unpaired) electrons. The highest BCUT2D eigenvalue weighted by Crippen LogP contribution is 2.24. The summed E-state index contributed by atoms with van der Waals surface area (Å²) in [5, 5.41) is 6.64. The van der Waals surface area contributed by atoms with Gasteiger partial charge in [0.05, 0.1) is 5.92 Å². The van der Waals surface area contributed by atoms with Crippen LogP contribution in [0.5, 0.6) is 0 Å². The van der Waals surface area contributed by atoms with E-state index >= 15 is 0 Å². The molecule has 0 spiro atoms. The number of anilines is 1. The molecule has 27 heavy (non-hydrogen) atoms. The molecule has 2 amide bonds. The number of nitrogens with one attached hydrogen (secondary N) is 1. The lowest BCUT2D eigenvalue weighted by Gasteiger charge is -2.17. The van der Waals surface area contributed by atoms with Crippen molar-refractivity contribution < 1.29 is 23.6 Å². The minimum Gasteiger partial charge on any atom is -0.455 e. The van der Waals surface area contributed by atoms with Crippen LogP contribution in [0, 0.1) is 12.8 Å². The van der Waals surface area contributed by atoms with Crippen molar-refractivity contribution in [1.29, 1.82) is 0 Å². The number of amides is 2. The van der Waals surface area contributed by atoms with Gasteiger partial charge >= 0.3 is 5.97 Å². The fraction of sp³-hybridized carbons (Fsp3) is 0.333. The third-order valence-corrected chi connectivity index (χ3v) is 4.48. The highest BCUT2D eigenvalue weighted by Gasteiger charge is 2.35. The Hall–Kier alpha value is -2.87. The van der Waals surface area contributed by atoms with Gasteiger partial charge in [-0.1, -0.05) is 35.0 Å². The van der Waals surface area contributed by atoms with E-state index in [2.05, 4.69) is 10.5 Å². The highest BCUT2D eigenvalue weighted by atomic mass is 35.5. The lowest BCUT2D eigenvalue weighted by Crippen LogP contribution is -2.28. The van der Waals surface area contributed by atoms with Gasteiger partial charge in [-0.3, -0.25) is 14.4 Å². The van der Waals surface area contributed by atoms with Crippen LogP contribution >= 0.6 is 11.6 Å². The zero-order valence-electron chi connectivity index (χ0n) is 14.6. The number of carbonyl (C=O) groups excluding carboxylic acids is 3. The molecule has 1 N–H and O–H groups in total. The molecule has 0 bridgehead atoms. The van der Waals surface area contributed by atoms with Crippen molar-refractivity contribution >= 4 is 35.2 Å². The van der Waals surface area contributed by atoms with E-state index in [-0.39, 0.29) is 24.7 Å². The van der Waals surface area contributed by atoms with Gasteiger partial charge in [0, 0.05) is 30.6 Å². The number of hydrogen-bond donors (Lipinski definition) is 1. The van der Waals surface area contributed by atoms with Crippen molar-refractivity contribution in [1.82, 2.24) is 10.1 Å². The van der Waals surface area contributed by atoms with Crippen LogP contribution in [0.2, 0.25) is 5.02 Å². The van der Waals surface area contributed by atoms with Crippen molar-refractivity contribution in [3.05, 3.63) is 46.7 Å². The smallest absolute Gasteiger partial charge is 0.311 e. The normalized spacial score (nSPS) is 16.4. The van der Waals surface area contributed by atoms with Crippen LogP contribution in [0.4, 0.5) is 5.82 Å². The summed E-state index contributed by atoms with van der Waals surface area (Å²) in [6.07, 6.45) is 0.0490. The van der Waals surface area contributed by atoms with Crippen LogP contribution in [0.15, 0.2) is 34.9 Å². The average molecular weight is 392 g/mol. The van der Waals surface area contributed by atoms with Crippen LogP contribution in [-0.4, -0.2) is 41.0 Å². The van der Waals surface area contributed by atoms with Gasteiger partial charge in [-0.25, -0.2) is 0 Å². The molecule has 142 valence electrons. The molecule has 1 aromatic carbocycles. The minimum absolute atomic E-state index is 0.0490. The molecule has 1 aromatic heterocycles. The van der Waals surface area contributed by atoms with Crippen LogP contribution < -0.4 is 5.32 Å². The first-order valence-electron chi connectivity index (χ1n) is 8.33. The maximum atomic E-state index is 12.2. The summed E-state index contributed by atoms with van der Waals surface area (Å²) in [7, 11) is 0. The molecule has 0 saturated carbocycles. The first-order chi connectivity index (χ1) is 12.9. The first kappa shape index (κ1) is 18.9. The monoisotopic (exact) mass is 391 g/mol. The van der Waals surface area contributed by atoms with Crippen LogP contribution in [0.25, 0.3) is 0 Å². The van der Waals surface area contributed by atoms with E-state index < -0.39 is 24.4 Å². The number of halogens is 1. The number of ether oxygens (including phenoxy) is 1. The molecule has 2 aromatic rings. The Morgan fingerprint density at radius 2 is 2.19 bits per heavy atom. The second-order valence-corrected chi connectivity index (χ2v) is 6.65. The van der Waals surface area contributed by atoms with Gasteiger partial charge in [0.2, 0.25) is 5.91 Å². The van der Waals surface area contributed by atoms with Crippen molar-refractivity contribution in [2.24, 2.45) is 5.92 Å². The van der Waals surface area contributed by atoms with E-state index in [9.17, 15) is 14.4 Å². The van der Waals surface area contributed by atoms with Crippen molar-refractivity contribution in [3.63, 3.8) is 0 Å². The molecule has 3 rings (SSSR count). The molecule has 2 heterocycles. The molecule has 1 fully saturated rings. The number of likely N-dealkylation sites (tertiary alicyclic amines) is 1. The summed E-state index contributed by atoms with van der Waals surface area (Å²) in [4.78, 5) is 37.7. The number of aromatic nitrogens is 1. The fourth-order valence-corrected chi connectivity index (χ4v) is 2.97. The predicted octanol–water partition coefficient (Wildman–Crippen LogP) is 2.17. The largest absolute Gasteiger partial charge is 0.455 e. The van der Waals surface area contributed by atoms with Gasteiger partial charge in [-0.15, -0.1) is 0 Å². The Morgan fingerprint density at radius 3 is 2.89 bits per heavy atom. The number of carbonyl (C=O) groups is 3. The topological polar surface area (TPSA) is 102 Å². The number of nitrogens with zero attached hydrogens (tertiary/aromatic N) is 2. The summed E-state index contributed by atoms with van der Waals surface area (Å²) < 4.78 is 9.85. The van der Waals surface area contributed by atoms with Crippen LogP contribution in [0.1, 0.15) is 17.7 Å². The van der Waals surface area contributed by atoms with Gasteiger partial charge in [-0.2, -0.15) is 0 Å². The van der Waals surface area contributed by atoms with Crippen molar-refractivity contribution in [2.45, 2.75) is 19.9 Å². The summed E-state index contributed by atoms with van der Waals surface area (Å²) in [6.45, 7) is 1.79. The quantitative estimate of drug-likeness (QED) is 0.757. The Bertz CT molecular complexity index is 866. The zero-order valence-corrected chi connectivity index (χ0v) is 15.4. The number of esters is 1. The van der Waals surface area contributed by atoms with E-state index in [1.807, 2.05) is 18.2 Å². The summed E-state index contributed by atoms with van der Waals surface area (Å²) in [6, 6.07) is 8.77. The predicted molar refractivity (Wildman–Crippen MR) is 95.8 cm³/mol. The molecule has 8 nitrogen and oxygen atoms in total. The van der Waals surface area contributed by atoms with Gasteiger partial charge in [0.25, 0.3) is 5.91 Å². The van der Waals surface area contributed by atoms with E-state index in [4.69, 9.17) is 20.9 Å². The number of hydrogen-bond acceptors (Lipinski definition) is 6. The van der Waals surface area contributed by atoms with Crippen LogP contribution in [-0.2, 0) is 25.7 Å². The van der Waals surface area contributed by atoms with Crippen LogP contribution in [0.3, 0.4) is 0 Å². The molecule has 0 unspecified atom stereocenters. The van der Waals surface area contributed by atoms with Gasteiger partial charge < -0.3 is 19.5 Å². The third-order valence-electron chi connectivity index (χ3n) is 4.11. The Morgan fingerprint density at radius 1 is 1.41 bits per heavy atom. The van der Waals surface area contributed by atoms with E-state index in [0.717, 1.165) is 5.56 Å². The minimum atomic E-state index is -0.609. The Labute approximate surface area is 160 Å². The van der Waals surface area contributed by atoms with Gasteiger partial charge in [-0.05, 0) is 18.6 Å². The molecular formula is C18H18ClN3O5. The van der Waals surface area contributed by atoms with E-state index in [0.29, 0.717) is 17.3 Å². The SMILES string of the molecule is Cc1cc(NC(=O)COC(=O)[C@H]2CC(=O)N(Cc3ccccc3Cl)C2)no1. The molecule has 9 heteroatoms. The average Bonchev–Trinajstić information content (AvgIpc) is 3.20. The maximum Gasteiger partial charge on any atom is 0.311 e. The lowest BCUT2D eigenvalue weighted by atomic mass is 10.1. The molecule has 1 aliphatic rings. The number of aryl methyl sites for hydroxylation is 1. The zero-order chi connectivity index (χ0) is 19.4. The number of rotatable bonds is 6. The molecule has 0 aliphatic carbocycles. The molecule has 1 saturated heterocycles. The first-order valence-corrected chi connectivity index (χ1v) is 8.71. The summed E-state index contributed by atoms with van der Waals surface area (Å²) in [5.74, 6) is -1.09. The second-order valence-electron chi connectivity index (χ2n) is 6.25. The van der Waals surface area contributed by atoms with E-state index in [1.54, 1.807) is 24.0 Å². The molecule has 1 aliphatic heterocycles. The highest BCUT2D eigenvalue weighted by molar-refractivity contribution is 6.31. The van der Waals surface area contributed by atoms with Crippen molar-refractivity contribution in [3.8, 4) is 0 Å². The Balaban J connectivity index is 1.48. The summed E-state index contributed by atoms with van der Waals surface area (Å²) >= 11 is 6.12. The fourth-order valence-electron chi connectivity index (χ4n) is 2.77. The molecule has 1 atom stereocenters. The Kier molecular flexibility index (Phi) is 5.75. The summed E-state index contributed by atoms with van der Waals surface area (Å²) in [5.41, 5.74) is 0.809. The second kappa shape index (κ2) is 8.22. The standard InChI is InChI=1S/C18H18ClN3O5/c1-11-6-15(21-27-11)20-16(23)10-26-18(25)13-7-17(24)22(9-13)8-12-4-2-3-5-14(12)19/h2-6,13H,7-10H2,1H3,(H,20,21,23)/t13-/m0/s1. The third kappa shape index (κ3) is 4.85. The maximum absolute atomic E-state index is 12.2. The van der Waals surface area contributed by atoms with E-state index in [1.165, 1.54) is 0 Å². The van der Waals surface area contributed by atoms with Gasteiger partial charge in [0.1, 0.15) is 5.76 Å². The molecular weight excluding hydrogens is 374 g/mol. The van der Waals surface area contributed by atoms with Crippen molar-refractivity contribution in [2.75, 3.05) is 18.5 Å². The number of benzene rings is 1. The van der Waals surface area contributed by atoms with Gasteiger partial charge in [0.15, 0.2) is 12.4 Å².